The number of alkyl halides is 2. The predicted molar refractivity (Wildman–Crippen MR) is 48.3 cm³/mol. The van der Waals surface area contributed by atoms with E-state index in [0.717, 1.165) is 4.31 Å². The van der Waals surface area contributed by atoms with Crippen LogP contribution in [0.5, 0.6) is 0 Å². The van der Waals surface area contributed by atoms with E-state index >= 15 is 0 Å². The van der Waals surface area contributed by atoms with E-state index in [4.69, 9.17) is 5.73 Å². The maximum absolute atomic E-state index is 12.7. The molecule has 0 aromatic carbocycles. The van der Waals surface area contributed by atoms with Gasteiger partial charge in [0.05, 0.1) is 0 Å². The molecule has 1 rings (SSSR count). The molecule has 1 aliphatic rings. The number of hydrogen-bond acceptors (Lipinski definition) is 3. The number of rotatable bonds is 2. The molecule has 7 heteroatoms. The molecular weight excluding hydrogens is 214 g/mol. The minimum absolute atomic E-state index is 0.0769. The lowest BCUT2D eigenvalue weighted by Crippen LogP contribution is -2.47. The Morgan fingerprint density at radius 3 is 2.14 bits per heavy atom. The van der Waals surface area contributed by atoms with Crippen molar-refractivity contribution < 1.29 is 17.2 Å². The van der Waals surface area contributed by atoms with Gasteiger partial charge in [0, 0.05) is 26.1 Å². The van der Waals surface area contributed by atoms with Crippen LogP contribution >= 0.6 is 0 Å². The summed E-state index contributed by atoms with van der Waals surface area (Å²) in [6.07, 6.45) is 0.880. The van der Waals surface area contributed by atoms with Crippen LogP contribution in [0.4, 0.5) is 8.78 Å². The van der Waals surface area contributed by atoms with E-state index < -0.39 is 15.3 Å². The van der Waals surface area contributed by atoms with Gasteiger partial charge in [-0.1, -0.05) is 0 Å². The normalized spacial score (nSPS) is 22.6. The Labute approximate surface area is 82.1 Å². The molecule has 0 spiro atoms. The van der Waals surface area contributed by atoms with E-state index in [1.165, 1.54) is 0 Å². The summed E-state index contributed by atoms with van der Waals surface area (Å²) < 4.78 is 48.8. The standard InChI is InChI=1S/C7H14F2N2O2S/c1-7(8,9)14(12,13)11-4-2-6(10)3-5-11/h6H,2-5,10H2,1H3. The highest BCUT2D eigenvalue weighted by Gasteiger charge is 2.44. The first-order chi connectivity index (χ1) is 6.25. The zero-order valence-electron chi connectivity index (χ0n) is 7.91. The first kappa shape index (κ1) is 11.8. The molecule has 84 valence electrons. The van der Waals surface area contributed by atoms with E-state index in [1.807, 2.05) is 0 Å². The monoisotopic (exact) mass is 228 g/mol. The fourth-order valence-electron chi connectivity index (χ4n) is 1.34. The molecule has 0 bridgehead atoms. The van der Waals surface area contributed by atoms with Crippen molar-refractivity contribution in [2.45, 2.75) is 31.1 Å². The molecule has 0 aliphatic carbocycles. The van der Waals surface area contributed by atoms with Crippen LogP contribution in [0.25, 0.3) is 0 Å². The van der Waals surface area contributed by atoms with Crippen molar-refractivity contribution in [3.8, 4) is 0 Å². The third-order valence-electron chi connectivity index (χ3n) is 2.29. The average molecular weight is 228 g/mol. The first-order valence-electron chi connectivity index (χ1n) is 4.38. The van der Waals surface area contributed by atoms with Crippen molar-refractivity contribution in [3.63, 3.8) is 0 Å². The van der Waals surface area contributed by atoms with Crippen LogP contribution in [0.2, 0.25) is 0 Å². The molecule has 1 heterocycles. The van der Waals surface area contributed by atoms with Gasteiger partial charge >= 0.3 is 5.25 Å². The second-order valence-corrected chi connectivity index (χ2v) is 5.73. The van der Waals surface area contributed by atoms with Crippen molar-refractivity contribution >= 4 is 10.0 Å². The van der Waals surface area contributed by atoms with Crippen molar-refractivity contribution in [1.82, 2.24) is 4.31 Å². The predicted octanol–water partition coefficient (Wildman–Crippen LogP) is 0.352. The molecule has 0 aromatic heterocycles. The van der Waals surface area contributed by atoms with Gasteiger partial charge in [0.25, 0.3) is 10.0 Å². The molecular formula is C7H14F2N2O2S. The maximum Gasteiger partial charge on any atom is 0.356 e. The number of nitrogens with zero attached hydrogens (tertiary/aromatic N) is 1. The summed E-state index contributed by atoms with van der Waals surface area (Å²) in [5, 5.41) is -3.70. The van der Waals surface area contributed by atoms with Crippen molar-refractivity contribution in [2.24, 2.45) is 5.73 Å². The summed E-state index contributed by atoms with van der Waals surface area (Å²) in [7, 11) is -4.48. The van der Waals surface area contributed by atoms with Crippen LogP contribution in [-0.2, 0) is 10.0 Å². The molecule has 1 aliphatic heterocycles. The van der Waals surface area contributed by atoms with Gasteiger partial charge in [-0.2, -0.15) is 13.1 Å². The van der Waals surface area contributed by atoms with Gasteiger partial charge in [0.2, 0.25) is 0 Å². The van der Waals surface area contributed by atoms with Crippen molar-refractivity contribution in [2.75, 3.05) is 13.1 Å². The molecule has 0 atom stereocenters. The van der Waals surface area contributed by atoms with Gasteiger partial charge in [-0.3, -0.25) is 0 Å². The molecule has 14 heavy (non-hydrogen) atoms. The summed E-state index contributed by atoms with van der Waals surface area (Å²) in [4.78, 5) is 0. The van der Waals surface area contributed by atoms with Gasteiger partial charge in [0.15, 0.2) is 0 Å². The fraction of sp³-hybridized carbons (Fsp3) is 1.00. The number of nitrogens with two attached hydrogens (primary N) is 1. The first-order valence-corrected chi connectivity index (χ1v) is 5.82. The topological polar surface area (TPSA) is 63.4 Å². The van der Waals surface area contributed by atoms with E-state index in [1.54, 1.807) is 0 Å². The number of sulfonamides is 1. The Morgan fingerprint density at radius 1 is 1.36 bits per heavy atom. The summed E-state index contributed by atoms with van der Waals surface area (Å²) >= 11 is 0. The van der Waals surface area contributed by atoms with Gasteiger partial charge in [0.1, 0.15) is 0 Å². The van der Waals surface area contributed by atoms with E-state index in [0.29, 0.717) is 19.8 Å². The largest absolute Gasteiger partial charge is 0.356 e. The molecule has 0 radical (unpaired) electrons. The third kappa shape index (κ3) is 2.21. The molecule has 0 amide bonds. The minimum atomic E-state index is -4.48. The molecule has 2 N–H and O–H groups in total. The summed E-state index contributed by atoms with van der Waals surface area (Å²) in [5.74, 6) is 0. The van der Waals surface area contributed by atoms with Crippen LogP contribution in [0.15, 0.2) is 0 Å². The Hall–Kier alpha value is -0.270. The SMILES string of the molecule is CC(F)(F)S(=O)(=O)N1CCC(N)CC1. The zero-order valence-corrected chi connectivity index (χ0v) is 8.73. The Morgan fingerprint density at radius 2 is 1.79 bits per heavy atom. The Bertz CT molecular complexity index is 291. The van der Waals surface area contributed by atoms with Crippen LogP contribution in [-0.4, -0.2) is 37.1 Å². The molecule has 0 saturated carbocycles. The van der Waals surface area contributed by atoms with Gasteiger partial charge in [-0.25, -0.2) is 8.42 Å². The van der Waals surface area contributed by atoms with Crippen molar-refractivity contribution in [1.29, 1.82) is 0 Å². The highest BCUT2D eigenvalue weighted by atomic mass is 32.2. The highest BCUT2D eigenvalue weighted by molar-refractivity contribution is 7.90. The zero-order chi connectivity index (χ0) is 11.0. The van der Waals surface area contributed by atoms with Gasteiger partial charge in [-0.15, -0.1) is 0 Å². The molecule has 0 unspecified atom stereocenters. The lowest BCUT2D eigenvalue weighted by molar-refractivity contribution is 0.102. The van der Waals surface area contributed by atoms with Crippen molar-refractivity contribution in [3.05, 3.63) is 0 Å². The fourth-order valence-corrected chi connectivity index (χ4v) is 2.49. The van der Waals surface area contributed by atoms with Gasteiger partial charge in [-0.05, 0) is 12.8 Å². The summed E-state index contributed by atoms with van der Waals surface area (Å²) in [5.41, 5.74) is 5.54. The Kier molecular flexibility index (Phi) is 3.13. The second-order valence-electron chi connectivity index (χ2n) is 3.55. The van der Waals surface area contributed by atoms with Gasteiger partial charge < -0.3 is 5.73 Å². The minimum Gasteiger partial charge on any atom is -0.328 e. The third-order valence-corrected chi connectivity index (χ3v) is 4.24. The highest BCUT2D eigenvalue weighted by Crippen LogP contribution is 2.26. The van der Waals surface area contributed by atoms with E-state index in [9.17, 15) is 17.2 Å². The van der Waals surface area contributed by atoms with Crippen LogP contribution < -0.4 is 5.73 Å². The number of hydrogen-bond donors (Lipinski definition) is 1. The molecule has 1 saturated heterocycles. The van der Waals surface area contributed by atoms with E-state index in [-0.39, 0.29) is 19.1 Å². The number of piperidine rings is 1. The quantitative estimate of drug-likeness (QED) is 0.742. The van der Waals surface area contributed by atoms with Crippen LogP contribution in [0, 0.1) is 0 Å². The average Bonchev–Trinajstić information content (AvgIpc) is 2.03. The lowest BCUT2D eigenvalue weighted by atomic mass is 10.1. The second kappa shape index (κ2) is 3.71. The smallest absolute Gasteiger partial charge is 0.328 e. The lowest BCUT2D eigenvalue weighted by Gasteiger charge is -2.30. The maximum atomic E-state index is 12.7. The summed E-state index contributed by atoms with van der Waals surface area (Å²) in [6.45, 7) is 0.580. The molecule has 4 nitrogen and oxygen atoms in total. The summed E-state index contributed by atoms with van der Waals surface area (Å²) in [6, 6.07) is -0.0769. The van der Waals surface area contributed by atoms with E-state index in [2.05, 4.69) is 0 Å². The number of halogens is 2. The molecule has 1 fully saturated rings. The molecule has 0 aromatic rings. The van der Waals surface area contributed by atoms with Crippen LogP contribution in [0.1, 0.15) is 19.8 Å². The Balaban J connectivity index is 2.76. The van der Waals surface area contributed by atoms with Crippen LogP contribution in [0.3, 0.4) is 0 Å².